The largest absolute Gasteiger partial charge is 0.497 e. The number of methoxy groups -OCH3 is 1. The average molecular weight is 670 g/mol. The van der Waals surface area contributed by atoms with E-state index in [1.165, 1.54) is 17.0 Å². The smallest absolute Gasteiger partial charge is 0.264 e. The molecule has 0 bridgehead atoms. The quantitative estimate of drug-likeness (QED) is 0.167. The lowest BCUT2D eigenvalue weighted by Crippen LogP contribution is -2.54. The predicted octanol–water partition coefficient (Wildman–Crippen LogP) is 5.99. The van der Waals surface area contributed by atoms with Crippen LogP contribution < -0.4 is 19.1 Å². The zero-order valence-corrected chi connectivity index (χ0v) is 28.3. The molecule has 1 unspecified atom stereocenters. The van der Waals surface area contributed by atoms with Gasteiger partial charge in [0, 0.05) is 19.0 Å². The summed E-state index contributed by atoms with van der Waals surface area (Å²) < 4.78 is 40.6. The number of anilines is 1. The molecule has 252 valence electrons. The van der Waals surface area contributed by atoms with Crippen molar-refractivity contribution in [1.29, 1.82) is 0 Å². The Hall–Kier alpha value is -4.83. The lowest BCUT2D eigenvalue weighted by atomic mass is 10.0. The van der Waals surface area contributed by atoms with Gasteiger partial charge in [-0.15, -0.1) is 0 Å². The summed E-state index contributed by atoms with van der Waals surface area (Å²) in [6, 6.07) is 30.7. The fraction of sp³-hybridized carbons (Fsp3) is 0.316. The minimum Gasteiger partial charge on any atom is -0.497 e. The normalized spacial score (nSPS) is 13.8. The van der Waals surface area contributed by atoms with Gasteiger partial charge in [0.2, 0.25) is 11.8 Å². The fourth-order valence-electron chi connectivity index (χ4n) is 6.01. The van der Waals surface area contributed by atoms with Crippen molar-refractivity contribution in [2.24, 2.45) is 0 Å². The van der Waals surface area contributed by atoms with Crippen LogP contribution in [0, 0.1) is 0 Å². The van der Waals surface area contributed by atoms with Gasteiger partial charge < -0.3 is 19.7 Å². The first-order valence-corrected chi connectivity index (χ1v) is 17.8. The molecule has 0 aromatic heterocycles. The van der Waals surface area contributed by atoms with Gasteiger partial charge in [-0.25, -0.2) is 8.42 Å². The van der Waals surface area contributed by atoms with Gasteiger partial charge in [0.15, 0.2) is 0 Å². The lowest BCUT2D eigenvalue weighted by molar-refractivity contribution is -0.140. The molecule has 0 aliphatic heterocycles. The van der Waals surface area contributed by atoms with Crippen LogP contribution in [0.15, 0.2) is 114 Å². The van der Waals surface area contributed by atoms with Gasteiger partial charge >= 0.3 is 0 Å². The molecule has 48 heavy (non-hydrogen) atoms. The van der Waals surface area contributed by atoms with Gasteiger partial charge in [0.05, 0.1) is 24.3 Å². The maximum absolute atomic E-state index is 14.7. The molecular weight excluding hydrogens is 627 g/mol. The van der Waals surface area contributed by atoms with E-state index in [4.69, 9.17) is 9.47 Å². The molecule has 1 aliphatic carbocycles. The van der Waals surface area contributed by atoms with Gasteiger partial charge in [-0.2, -0.15) is 0 Å². The Morgan fingerprint density at radius 2 is 1.48 bits per heavy atom. The SMILES string of the molecule is CCOc1ccc(S(=O)(=O)N(CC(=O)N(Cc2cccc(OC)c2)C(Cc2ccccc2)C(=O)NC2CCCC2)c2ccccc2)cc1. The minimum atomic E-state index is -4.21. The van der Waals surface area contributed by atoms with Crippen LogP contribution >= 0.6 is 0 Å². The summed E-state index contributed by atoms with van der Waals surface area (Å²) in [5.74, 6) is 0.375. The van der Waals surface area contributed by atoms with Crippen molar-refractivity contribution in [1.82, 2.24) is 10.2 Å². The third-order valence-corrected chi connectivity index (χ3v) is 10.3. The lowest BCUT2D eigenvalue weighted by Gasteiger charge is -2.34. The number of nitrogens with one attached hydrogen (secondary N) is 1. The van der Waals surface area contributed by atoms with Crippen molar-refractivity contribution in [3.8, 4) is 11.5 Å². The van der Waals surface area contributed by atoms with Crippen molar-refractivity contribution in [3.63, 3.8) is 0 Å². The van der Waals surface area contributed by atoms with E-state index >= 15 is 0 Å². The highest BCUT2D eigenvalue weighted by Crippen LogP contribution is 2.27. The van der Waals surface area contributed by atoms with E-state index in [1.807, 2.05) is 61.5 Å². The third-order valence-electron chi connectivity index (χ3n) is 8.51. The monoisotopic (exact) mass is 669 g/mol. The average Bonchev–Trinajstić information content (AvgIpc) is 3.63. The summed E-state index contributed by atoms with van der Waals surface area (Å²) in [4.78, 5) is 30.3. The molecule has 0 heterocycles. The molecule has 10 heteroatoms. The minimum absolute atomic E-state index is 0.0155. The third kappa shape index (κ3) is 8.74. The predicted molar refractivity (Wildman–Crippen MR) is 186 cm³/mol. The molecule has 0 saturated heterocycles. The molecule has 1 saturated carbocycles. The molecule has 4 aromatic carbocycles. The maximum Gasteiger partial charge on any atom is 0.264 e. The van der Waals surface area contributed by atoms with E-state index in [9.17, 15) is 18.0 Å². The number of carbonyl (C=O) groups is 2. The molecule has 4 aromatic rings. The number of rotatable bonds is 15. The van der Waals surface area contributed by atoms with E-state index in [-0.39, 0.29) is 29.8 Å². The zero-order valence-electron chi connectivity index (χ0n) is 27.5. The van der Waals surface area contributed by atoms with Crippen LogP contribution in [0.1, 0.15) is 43.7 Å². The number of hydrogen-bond acceptors (Lipinski definition) is 6. The van der Waals surface area contributed by atoms with Crippen LogP contribution in [0.25, 0.3) is 0 Å². The van der Waals surface area contributed by atoms with Crippen LogP contribution in [0.4, 0.5) is 5.69 Å². The van der Waals surface area contributed by atoms with Crippen LogP contribution in [0.2, 0.25) is 0 Å². The zero-order chi connectivity index (χ0) is 33.9. The number of amides is 2. The Morgan fingerprint density at radius 1 is 0.833 bits per heavy atom. The van der Waals surface area contributed by atoms with Crippen LogP contribution in [0.5, 0.6) is 11.5 Å². The van der Waals surface area contributed by atoms with E-state index in [0.717, 1.165) is 41.1 Å². The summed E-state index contributed by atoms with van der Waals surface area (Å²) in [6.45, 7) is 1.84. The van der Waals surface area contributed by atoms with E-state index in [0.29, 0.717) is 23.8 Å². The van der Waals surface area contributed by atoms with Crippen molar-refractivity contribution in [2.75, 3.05) is 24.6 Å². The Morgan fingerprint density at radius 3 is 2.12 bits per heavy atom. The van der Waals surface area contributed by atoms with Gasteiger partial charge in [-0.05, 0) is 79.4 Å². The number of carbonyl (C=O) groups excluding carboxylic acids is 2. The molecule has 0 radical (unpaired) electrons. The van der Waals surface area contributed by atoms with Crippen molar-refractivity contribution < 1.29 is 27.5 Å². The Bertz CT molecular complexity index is 1740. The number of ether oxygens (including phenoxy) is 2. The number of hydrogen-bond donors (Lipinski definition) is 1. The fourth-order valence-corrected chi connectivity index (χ4v) is 7.43. The molecule has 0 spiro atoms. The summed E-state index contributed by atoms with van der Waals surface area (Å²) in [7, 11) is -2.64. The summed E-state index contributed by atoms with van der Waals surface area (Å²) in [5, 5.41) is 3.20. The first kappa shape index (κ1) is 34.5. The number of para-hydroxylation sites is 1. The molecule has 1 fully saturated rings. The van der Waals surface area contributed by atoms with E-state index < -0.39 is 28.5 Å². The molecule has 2 amide bonds. The van der Waals surface area contributed by atoms with Gasteiger partial charge in [0.25, 0.3) is 10.0 Å². The van der Waals surface area contributed by atoms with Crippen LogP contribution in [-0.4, -0.2) is 57.5 Å². The molecule has 5 rings (SSSR count). The topological polar surface area (TPSA) is 105 Å². The molecule has 1 N–H and O–H groups in total. The van der Waals surface area contributed by atoms with Crippen molar-refractivity contribution in [2.45, 2.75) is 62.6 Å². The van der Waals surface area contributed by atoms with E-state index in [1.54, 1.807) is 49.6 Å². The molecular formula is C38H43N3O6S. The van der Waals surface area contributed by atoms with Gasteiger partial charge in [0.1, 0.15) is 24.1 Å². The standard InChI is InChI=1S/C38H43N3O6S/c1-3-47-33-21-23-35(24-22-33)48(44,45)41(32-18-8-5-9-19-32)28-37(42)40(27-30-15-12-20-34(25-30)46-2)36(26-29-13-6-4-7-14-29)38(43)39-31-16-10-11-17-31/h4-9,12-15,18-25,31,36H,3,10-11,16-17,26-28H2,1-2H3,(H,39,43). The molecule has 9 nitrogen and oxygen atoms in total. The first-order valence-electron chi connectivity index (χ1n) is 16.4. The second-order valence-corrected chi connectivity index (χ2v) is 13.7. The molecule has 1 atom stereocenters. The number of sulfonamides is 1. The highest BCUT2D eigenvalue weighted by Gasteiger charge is 2.35. The summed E-state index contributed by atoms with van der Waals surface area (Å²) in [6.07, 6.45) is 4.10. The highest BCUT2D eigenvalue weighted by atomic mass is 32.2. The summed E-state index contributed by atoms with van der Waals surface area (Å²) in [5.41, 5.74) is 1.96. The van der Waals surface area contributed by atoms with Crippen molar-refractivity contribution in [3.05, 3.63) is 120 Å². The van der Waals surface area contributed by atoms with Crippen molar-refractivity contribution >= 4 is 27.5 Å². The van der Waals surface area contributed by atoms with Crippen LogP contribution in [0.3, 0.4) is 0 Å². The number of benzene rings is 4. The molecule has 1 aliphatic rings. The van der Waals surface area contributed by atoms with Crippen LogP contribution in [-0.2, 0) is 32.6 Å². The second-order valence-electron chi connectivity index (χ2n) is 11.8. The maximum atomic E-state index is 14.7. The Kier molecular flexibility index (Phi) is 11.7. The first-order chi connectivity index (χ1) is 23.3. The van der Waals surface area contributed by atoms with E-state index in [2.05, 4.69) is 5.32 Å². The highest BCUT2D eigenvalue weighted by molar-refractivity contribution is 7.92. The Balaban J connectivity index is 1.55. The summed E-state index contributed by atoms with van der Waals surface area (Å²) >= 11 is 0. The van der Waals surface area contributed by atoms with Gasteiger partial charge in [-0.1, -0.05) is 73.5 Å². The van der Waals surface area contributed by atoms with Gasteiger partial charge in [-0.3, -0.25) is 13.9 Å². The number of nitrogens with zero attached hydrogens (tertiary/aromatic N) is 2. The Labute approximate surface area is 283 Å². The second kappa shape index (κ2) is 16.3.